The summed E-state index contributed by atoms with van der Waals surface area (Å²) in [5.41, 5.74) is 4.17. The topological polar surface area (TPSA) is 3.24 Å². The van der Waals surface area contributed by atoms with Crippen molar-refractivity contribution in [3.05, 3.63) is 282 Å². The summed E-state index contributed by atoms with van der Waals surface area (Å²) in [5.74, 6) is 0. The molecule has 0 heterocycles. The van der Waals surface area contributed by atoms with E-state index in [4.69, 9.17) is 9.60 Å². The highest BCUT2D eigenvalue weighted by Crippen LogP contribution is 2.57. The molecule has 0 saturated heterocycles. The number of anilines is 2. The third-order valence-electron chi connectivity index (χ3n) is 12.4. The molecule has 302 valence electrons. The van der Waals surface area contributed by atoms with Gasteiger partial charge in [-0.15, -0.1) is 0 Å². The molecule has 0 bridgehead atoms. The monoisotopic (exact) mass is 830 g/mol. The molecule has 0 fully saturated rings. The van der Waals surface area contributed by atoms with Crippen LogP contribution in [0.15, 0.2) is 254 Å². The molecule has 0 saturated carbocycles. The Bertz CT molecular complexity index is 4190. The highest BCUT2D eigenvalue weighted by atomic mass is 15.2. The predicted octanol–water partition coefficient (Wildman–Crippen LogP) is 16.2. The minimum absolute atomic E-state index is 0.00700. The number of benzene rings is 10. The Morgan fingerprint density at radius 1 is 0.453 bits per heavy atom. The van der Waals surface area contributed by atoms with Crippen molar-refractivity contribution in [1.82, 2.24) is 0 Å². The molecule has 0 aliphatic heterocycles. The number of rotatable bonds is 8. The van der Waals surface area contributed by atoms with Crippen LogP contribution in [0.5, 0.6) is 0 Å². The lowest BCUT2D eigenvalue weighted by atomic mass is 9.67. The number of allylic oxidation sites excluding steroid dienone is 2. The van der Waals surface area contributed by atoms with Crippen molar-refractivity contribution < 1.29 is 20.6 Å². The summed E-state index contributed by atoms with van der Waals surface area (Å²) in [6.45, 7) is 0. The number of fused-ring (bicyclic) bond motifs is 6. The molecule has 10 aromatic carbocycles. The van der Waals surface area contributed by atoms with E-state index in [9.17, 15) is 11.0 Å². The smallest absolute Gasteiger partial charge is 0.0714 e. The van der Waals surface area contributed by atoms with E-state index in [2.05, 4.69) is 36.4 Å². The van der Waals surface area contributed by atoms with Crippen molar-refractivity contribution >= 4 is 38.5 Å². The van der Waals surface area contributed by atoms with Crippen LogP contribution in [0.2, 0.25) is 0 Å². The first-order chi connectivity index (χ1) is 38.0. The van der Waals surface area contributed by atoms with Crippen LogP contribution in [0.3, 0.4) is 0 Å². The fraction of sp³-hybridized carbons (Fsp3) is 0.0476. The summed E-state index contributed by atoms with van der Waals surface area (Å²) in [4.78, 5) is 1.57. The van der Waals surface area contributed by atoms with Gasteiger partial charge in [-0.25, -0.2) is 0 Å². The molecule has 0 N–H and O–H groups in total. The van der Waals surface area contributed by atoms with Crippen LogP contribution < -0.4 is 4.90 Å². The maximum absolute atomic E-state index is 10.1. The molecule has 2 unspecified atom stereocenters. The molecule has 1 heteroatoms. The van der Waals surface area contributed by atoms with E-state index in [1.54, 1.807) is 4.90 Å². The van der Waals surface area contributed by atoms with Gasteiger partial charge >= 0.3 is 0 Å². The second kappa shape index (κ2) is 15.7. The average molecular weight is 831 g/mol. The van der Waals surface area contributed by atoms with Gasteiger partial charge < -0.3 is 4.90 Å². The molecule has 12 rings (SSSR count). The predicted molar refractivity (Wildman–Crippen MR) is 270 cm³/mol. The van der Waals surface area contributed by atoms with Crippen molar-refractivity contribution in [3.8, 4) is 33.4 Å². The fourth-order valence-electron chi connectivity index (χ4n) is 9.57. The Labute approximate surface area is 396 Å². The van der Waals surface area contributed by atoms with E-state index in [-0.39, 0.29) is 52.6 Å². The third-order valence-corrected chi connectivity index (χ3v) is 12.4. The number of hydrogen-bond acceptors (Lipinski definition) is 1. The van der Waals surface area contributed by atoms with Gasteiger partial charge in [-0.1, -0.05) is 224 Å². The molecule has 0 amide bonds. The van der Waals surface area contributed by atoms with Gasteiger partial charge in [-0.2, -0.15) is 0 Å². The van der Waals surface area contributed by atoms with Crippen molar-refractivity contribution in [2.75, 3.05) is 4.90 Å². The van der Waals surface area contributed by atoms with Crippen molar-refractivity contribution in [3.63, 3.8) is 0 Å². The molecular formula is C63H45N. The van der Waals surface area contributed by atoms with Crippen LogP contribution in [0.4, 0.5) is 11.4 Å². The first kappa shape index (κ1) is 25.2. The van der Waals surface area contributed by atoms with Crippen LogP contribution in [-0.2, 0) is 5.41 Å². The van der Waals surface area contributed by atoms with E-state index in [1.165, 1.54) is 12.1 Å². The molecule has 0 radical (unpaired) electrons. The zero-order chi connectivity index (χ0) is 55.5. The van der Waals surface area contributed by atoms with E-state index in [0.717, 1.165) is 54.9 Å². The van der Waals surface area contributed by atoms with Crippen LogP contribution in [0.1, 0.15) is 54.8 Å². The average Bonchev–Trinajstić information content (AvgIpc) is 3.02. The van der Waals surface area contributed by atoms with Crippen LogP contribution in [-0.4, -0.2) is 6.04 Å². The van der Waals surface area contributed by atoms with Crippen LogP contribution >= 0.6 is 0 Å². The molecular weight excluding hydrogens is 771 g/mol. The van der Waals surface area contributed by atoms with Gasteiger partial charge in [-0.05, 0) is 125 Å². The Hall–Kier alpha value is -8.00. The minimum atomic E-state index is -1.56. The Kier molecular flexibility index (Phi) is 6.19. The molecule has 1 nitrogen and oxygen atoms in total. The first-order valence-electron chi connectivity index (χ1n) is 28.7. The van der Waals surface area contributed by atoms with Crippen molar-refractivity contribution in [1.29, 1.82) is 0 Å². The van der Waals surface area contributed by atoms with Crippen LogP contribution in [0, 0.1) is 0 Å². The standard InChI is InChI=1S/C63H45N/c1-4-16-44(17-5-1)45-28-30-46(31-29-45)47-32-36-52(37-33-47)64(53-38-34-48(35-39-53)60-42-49-18-10-11-23-55(49)56-24-12-13-25-57(56)60)54-40-41-59-58-26-14-15-27-61(58)63(62(59)43-54,50-19-6-2-7-20-50)51-21-8-3-9-22-51/h1-38,40-43,53H,39H2/i1D,4D,5D,16D,17D,28D,29D,30D,31D,32D,34D,35D,37D,38D,39D. The highest BCUT2D eigenvalue weighted by Gasteiger charge is 2.46. The molecule has 2 atom stereocenters. The van der Waals surface area contributed by atoms with E-state index in [0.29, 0.717) is 11.3 Å². The molecule has 2 aliphatic carbocycles. The largest absolute Gasteiger partial charge is 0.334 e. The van der Waals surface area contributed by atoms with Gasteiger partial charge in [0.25, 0.3) is 0 Å². The molecule has 0 spiro atoms. The highest BCUT2D eigenvalue weighted by molar-refractivity contribution is 6.12. The molecule has 64 heavy (non-hydrogen) atoms. The summed E-state index contributed by atoms with van der Waals surface area (Å²) in [6.07, 6.45) is -1.56. The second-order valence-electron chi connectivity index (χ2n) is 15.8. The normalized spacial score (nSPS) is 19.7. The molecule has 10 aromatic rings. The van der Waals surface area contributed by atoms with Crippen molar-refractivity contribution in [2.24, 2.45) is 0 Å². The lowest BCUT2D eigenvalue weighted by Gasteiger charge is -2.36. The van der Waals surface area contributed by atoms with E-state index < -0.39 is 83.4 Å². The van der Waals surface area contributed by atoms with Gasteiger partial charge in [0.05, 0.1) is 30.6 Å². The van der Waals surface area contributed by atoms with Gasteiger partial charge in [0.2, 0.25) is 0 Å². The van der Waals surface area contributed by atoms with Gasteiger partial charge in [0.15, 0.2) is 0 Å². The van der Waals surface area contributed by atoms with Gasteiger partial charge in [-0.3, -0.25) is 0 Å². The molecule has 0 aromatic heterocycles. The van der Waals surface area contributed by atoms with E-state index >= 15 is 0 Å². The SMILES string of the molecule is [2H]C1=C([2H])C(N(c2ccc3c(c2)C(c2ccccc2)(c2ccccc2)c2ccccc2-3)c2cc([2H])c(-c3c([2H])c([2H])c(-c4c([2H])c([2H])c([2H])c([2H])c4[2H])c([2H])c3[2H])cc2[2H])C([2H])C([2H])=C1c1cc2ccccc2c2ccccc12. The maximum Gasteiger partial charge on any atom is 0.0714 e. The zero-order valence-corrected chi connectivity index (χ0v) is 34.3. The Balaban J connectivity index is 1.10. The summed E-state index contributed by atoms with van der Waals surface area (Å²) < 4.78 is 138. The Morgan fingerprint density at radius 2 is 1.08 bits per heavy atom. The fourth-order valence-corrected chi connectivity index (χ4v) is 9.57. The minimum Gasteiger partial charge on any atom is -0.334 e. The number of hydrogen-bond donors (Lipinski definition) is 0. The lowest BCUT2D eigenvalue weighted by Crippen LogP contribution is -2.31. The van der Waals surface area contributed by atoms with Crippen LogP contribution in [0.25, 0.3) is 60.5 Å². The quantitative estimate of drug-likeness (QED) is 0.138. The maximum atomic E-state index is 10.1. The Morgan fingerprint density at radius 3 is 1.84 bits per heavy atom. The summed E-state index contributed by atoms with van der Waals surface area (Å²) in [7, 11) is 0. The summed E-state index contributed by atoms with van der Waals surface area (Å²) >= 11 is 0. The third kappa shape index (κ3) is 6.23. The summed E-state index contributed by atoms with van der Waals surface area (Å²) in [5, 5.41) is 3.45. The van der Waals surface area contributed by atoms with Gasteiger partial charge in [0, 0.05) is 12.7 Å². The lowest BCUT2D eigenvalue weighted by molar-refractivity contribution is 0.761. The first-order valence-corrected chi connectivity index (χ1v) is 21.1. The molecule has 2 aliphatic rings. The zero-order valence-electron chi connectivity index (χ0n) is 49.3. The number of nitrogens with zero attached hydrogens (tertiary/aromatic N) is 1. The van der Waals surface area contributed by atoms with E-state index in [1.807, 2.05) is 121 Å². The second-order valence-corrected chi connectivity index (χ2v) is 15.8. The van der Waals surface area contributed by atoms with Gasteiger partial charge in [0.1, 0.15) is 0 Å². The van der Waals surface area contributed by atoms with Crippen molar-refractivity contribution in [2.45, 2.75) is 17.9 Å². The summed E-state index contributed by atoms with van der Waals surface area (Å²) in [6, 6.07) is 44.7.